The van der Waals surface area contributed by atoms with Gasteiger partial charge in [-0.25, -0.2) is 4.90 Å². The molecule has 1 N–H and O–H groups in total. The van der Waals surface area contributed by atoms with Gasteiger partial charge in [0, 0.05) is 10.9 Å². The van der Waals surface area contributed by atoms with Crippen molar-refractivity contribution in [2.24, 2.45) is 17.8 Å². The molecule has 0 radical (unpaired) electrons. The van der Waals surface area contributed by atoms with E-state index in [1.807, 2.05) is 0 Å². The van der Waals surface area contributed by atoms with Crippen LogP contribution in [0.1, 0.15) is 72.7 Å². The van der Waals surface area contributed by atoms with E-state index in [0.717, 1.165) is 63.4 Å². The van der Waals surface area contributed by atoms with E-state index in [-0.39, 0.29) is 47.8 Å². The van der Waals surface area contributed by atoms with Crippen LogP contribution in [0.25, 0.3) is 0 Å². The number of carbonyl (C=O) groups is 3. The Morgan fingerprint density at radius 3 is 2.37 bits per heavy atom. The molecule has 7 heteroatoms. The maximum Gasteiger partial charge on any atom is 0.254 e. The standard InChI is InChI=1S/C23H28N2O4S/c1-11-6-7-13-16(10-11)30-23(17(13)20(26)24-12-4-2-3-5-12)25-21(27)18-14-8-9-15(29-14)19(18)22(25)28/h11-12,14-15,18-19H,2-10H2,1H3,(H,24,26)/t11-,14+,15+,18-,19+/m1/s1. The number of nitrogens with zero attached hydrogens (tertiary/aromatic N) is 1. The lowest BCUT2D eigenvalue weighted by molar-refractivity contribution is -0.124. The quantitative estimate of drug-likeness (QED) is 0.750. The normalized spacial score (nSPS) is 35.2. The Morgan fingerprint density at radius 2 is 1.70 bits per heavy atom. The molecule has 1 aromatic heterocycles. The van der Waals surface area contributed by atoms with E-state index in [0.29, 0.717) is 16.5 Å². The zero-order chi connectivity index (χ0) is 20.6. The third-order valence-corrected chi connectivity index (χ3v) is 9.14. The molecule has 6 nitrogen and oxygen atoms in total. The topological polar surface area (TPSA) is 75.7 Å². The number of carbonyl (C=O) groups excluding carboxylic acids is 3. The fourth-order valence-corrected chi connectivity index (χ4v) is 7.89. The van der Waals surface area contributed by atoms with Crippen molar-refractivity contribution >= 4 is 34.1 Å². The van der Waals surface area contributed by atoms with E-state index in [4.69, 9.17) is 4.74 Å². The van der Waals surface area contributed by atoms with Crippen LogP contribution < -0.4 is 10.2 Å². The van der Waals surface area contributed by atoms with Crippen LogP contribution in [0.4, 0.5) is 5.00 Å². The number of thiophene rings is 1. The summed E-state index contributed by atoms with van der Waals surface area (Å²) < 4.78 is 5.88. The first-order valence-electron chi connectivity index (χ1n) is 11.5. The van der Waals surface area contributed by atoms with Gasteiger partial charge >= 0.3 is 0 Å². The van der Waals surface area contributed by atoms with Gasteiger partial charge in [-0.05, 0) is 56.4 Å². The Morgan fingerprint density at radius 1 is 1.03 bits per heavy atom. The molecule has 3 aliphatic heterocycles. The fourth-order valence-electron chi connectivity index (χ4n) is 6.37. The first kappa shape index (κ1) is 19.0. The van der Waals surface area contributed by atoms with Crippen LogP contribution in [-0.4, -0.2) is 36.0 Å². The van der Waals surface area contributed by atoms with Crippen LogP contribution >= 0.6 is 11.3 Å². The summed E-state index contributed by atoms with van der Waals surface area (Å²) in [7, 11) is 0. The predicted octanol–water partition coefficient (Wildman–Crippen LogP) is 3.21. The van der Waals surface area contributed by atoms with Gasteiger partial charge in [-0.3, -0.25) is 14.4 Å². The highest BCUT2D eigenvalue weighted by Gasteiger charge is 2.63. The summed E-state index contributed by atoms with van der Waals surface area (Å²) >= 11 is 1.50. The molecule has 5 atom stereocenters. The molecule has 4 heterocycles. The second-order valence-electron chi connectivity index (χ2n) is 9.84. The number of anilines is 1. The number of rotatable bonds is 3. The van der Waals surface area contributed by atoms with Crippen LogP contribution in [0.5, 0.6) is 0 Å². The highest BCUT2D eigenvalue weighted by molar-refractivity contribution is 7.17. The lowest BCUT2D eigenvalue weighted by atomic mass is 9.81. The lowest BCUT2D eigenvalue weighted by Gasteiger charge is -2.21. The number of imide groups is 1. The van der Waals surface area contributed by atoms with Gasteiger partial charge in [-0.15, -0.1) is 11.3 Å². The third kappa shape index (κ3) is 2.67. The molecule has 3 saturated heterocycles. The van der Waals surface area contributed by atoms with Crippen LogP contribution in [0, 0.1) is 17.8 Å². The molecule has 0 aromatic carbocycles. The third-order valence-electron chi connectivity index (χ3n) is 7.90. The number of fused-ring (bicyclic) bond motifs is 6. The summed E-state index contributed by atoms with van der Waals surface area (Å²) in [5, 5.41) is 3.79. The number of nitrogens with one attached hydrogen (secondary N) is 1. The van der Waals surface area contributed by atoms with Crippen molar-refractivity contribution in [2.75, 3.05) is 4.90 Å². The van der Waals surface area contributed by atoms with Gasteiger partial charge in [0.05, 0.1) is 29.6 Å². The molecule has 30 heavy (non-hydrogen) atoms. The van der Waals surface area contributed by atoms with E-state index in [1.54, 1.807) is 0 Å². The van der Waals surface area contributed by atoms with Crippen LogP contribution in [0.2, 0.25) is 0 Å². The van der Waals surface area contributed by atoms with Gasteiger partial charge in [0.25, 0.3) is 5.91 Å². The van der Waals surface area contributed by atoms with Crippen molar-refractivity contribution in [3.05, 3.63) is 16.0 Å². The second kappa shape index (κ2) is 6.89. The van der Waals surface area contributed by atoms with E-state index >= 15 is 0 Å². The van der Waals surface area contributed by atoms with Gasteiger partial charge in [0.15, 0.2) is 0 Å². The maximum absolute atomic E-state index is 13.4. The van der Waals surface area contributed by atoms with Gasteiger partial charge in [-0.1, -0.05) is 19.8 Å². The predicted molar refractivity (Wildman–Crippen MR) is 113 cm³/mol. The molecule has 2 aliphatic carbocycles. The molecule has 6 rings (SSSR count). The summed E-state index contributed by atoms with van der Waals surface area (Å²) in [5.74, 6) is -0.568. The molecule has 1 saturated carbocycles. The monoisotopic (exact) mass is 428 g/mol. The second-order valence-corrected chi connectivity index (χ2v) is 10.9. The van der Waals surface area contributed by atoms with Crippen molar-refractivity contribution in [3.8, 4) is 0 Å². The molecular formula is C23H28N2O4S. The van der Waals surface area contributed by atoms with Crippen molar-refractivity contribution in [2.45, 2.75) is 83.0 Å². The number of amides is 3. The summed E-state index contributed by atoms with van der Waals surface area (Å²) in [4.78, 5) is 42.7. The largest absolute Gasteiger partial charge is 0.373 e. The van der Waals surface area contributed by atoms with Gasteiger partial charge in [0.2, 0.25) is 11.8 Å². The molecule has 0 spiro atoms. The Bertz CT molecular complexity index is 906. The van der Waals surface area contributed by atoms with Gasteiger partial charge < -0.3 is 10.1 Å². The molecule has 5 aliphatic rings. The first-order chi connectivity index (χ1) is 14.5. The average molecular weight is 429 g/mol. The summed E-state index contributed by atoms with van der Waals surface area (Å²) in [6.45, 7) is 2.23. The number of ether oxygens (including phenoxy) is 1. The minimum absolute atomic E-state index is 0.0964. The van der Waals surface area contributed by atoms with Crippen LogP contribution in [0.3, 0.4) is 0 Å². The highest BCUT2D eigenvalue weighted by Crippen LogP contribution is 2.52. The molecule has 1 aromatic rings. The van der Waals surface area contributed by atoms with Crippen LogP contribution in [-0.2, 0) is 27.2 Å². The molecule has 2 bridgehead atoms. The fraction of sp³-hybridized carbons (Fsp3) is 0.696. The molecule has 160 valence electrons. The Hall–Kier alpha value is -1.73. The lowest BCUT2D eigenvalue weighted by Crippen LogP contribution is -2.37. The van der Waals surface area contributed by atoms with E-state index in [2.05, 4.69) is 12.2 Å². The van der Waals surface area contributed by atoms with Crippen molar-refractivity contribution in [3.63, 3.8) is 0 Å². The maximum atomic E-state index is 13.4. The molecule has 4 fully saturated rings. The van der Waals surface area contributed by atoms with Gasteiger partial charge in [-0.2, -0.15) is 0 Å². The smallest absolute Gasteiger partial charge is 0.254 e. The Kier molecular flexibility index (Phi) is 4.36. The highest BCUT2D eigenvalue weighted by atomic mass is 32.1. The minimum atomic E-state index is -0.361. The minimum Gasteiger partial charge on any atom is -0.373 e. The van der Waals surface area contributed by atoms with Crippen molar-refractivity contribution in [1.82, 2.24) is 5.32 Å². The average Bonchev–Trinajstić information content (AvgIpc) is 3.51. The van der Waals surface area contributed by atoms with Crippen LogP contribution in [0.15, 0.2) is 0 Å². The zero-order valence-corrected chi connectivity index (χ0v) is 18.1. The Labute approximate surface area is 180 Å². The summed E-state index contributed by atoms with van der Waals surface area (Å²) in [5.41, 5.74) is 1.67. The summed E-state index contributed by atoms with van der Waals surface area (Å²) in [6, 6.07) is 0.206. The number of hydrogen-bond donors (Lipinski definition) is 1. The van der Waals surface area contributed by atoms with E-state index in [1.165, 1.54) is 21.1 Å². The van der Waals surface area contributed by atoms with Crippen molar-refractivity contribution < 1.29 is 19.1 Å². The van der Waals surface area contributed by atoms with E-state index < -0.39 is 0 Å². The summed E-state index contributed by atoms with van der Waals surface area (Å²) in [6.07, 6.45) is 8.56. The zero-order valence-electron chi connectivity index (χ0n) is 17.3. The molecular weight excluding hydrogens is 400 g/mol. The molecule has 0 unspecified atom stereocenters. The first-order valence-corrected chi connectivity index (χ1v) is 12.3. The molecule has 3 amide bonds. The SMILES string of the molecule is C[C@@H]1CCc2c(sc(N3C(=O)[C@@H]4[C@H](C3=O)[C@@H]3CC[C@@H]4O3)c2C(=O)NC2CCCC2)C1. The number of hydrogen-bond acceptors (Lipinski definition) is 5. The van der Waals surface area contributed by atoms with E-state index in [9.17, 15) is 14.4 Å². The Balaban J connectivity index is 1.40. The van der Waals surface area contributed by atoms with Crippen molar-refractivity contribution in [1.29, 1.82) is 0 Å². The van der Waals surface area contributed by atoms with Gasteiger partial charge in [0.1, 0.15) is 5.00 Å².